The Labute approximate surface area is 142 Å². The Hall–Kier alpha value is -3.00. The Balaban J connectivity index is 1.86. The van der Waals surface area contributed by atoms with Crippen molar-refractivity contribution in [3.63, 3.8) is 0 Å². The van der Waals surface area contributed by atoms with Crippen LogP contribution in [0.1, 0.15) is 12.6 Å². The summed E-state index contributed by atoms with van der Waals surface area (Å²) in [5.41, 5.74) is 2.28. The predicted octanol–water partition coefficient (Wildman–Crippen LogP) is 3.32. The van der Waals surface area contributed by atoms with Crippen molar-refractivity contribution in [1.29, 1.82) is 0 Å². The van der Waals surface area contributed by atoms with Gasteiger partial charge in [-0.2, -0.15) is 0 Å². The number of carbonyl (C=O) groups is 1. The van der Waals surface area contributed by atoms with Gasteiger partial charge in [-0.15, -0.1) is 0 Å². The van der Waals surface area contributed by atoms with Gasteiger partial charge in [0.15, 0.2) is 5.13 Å². The molecule has 0 atom stereocenters. The predicted molar refractivity (Wildman–Crippen MR) is 93.6 cm³/mol. The molecule has 0 aliphatic heterocycles. The lowest BCUT2D eigenvalue weighted by atomic mass is 10.3. The van der Waals surface area contributed by atoms with E-state index >= 15 is 0 Å². The standard InChI is InChI=1S/C16H15N5O2S/c1-9-14(24-16(18-9)19-10(2)22)13-7-8-17-15(21-13)20-11-3-5-12(23)6-4-11/h3-8,23H,1-2H3,(H,17,20,21)(H,18,19,22). The van der Waals surface area contributed by atoms with Gasteiger partial charge in [0.2, 0.25) is 11.9 Å². The highest BCUT2D eigenvalue weighted by atomic mass is 32.1. The summed E-state index contributed by atoms with van der Waals surface area (Å²) in [6.07, 6.45) is 1.66. The molecule has 0 saturated carbocycles. The largest absolute Gasteiger partial charge is 0.508 e. The van der Waals surface area contributed by atoms with Crippen molar-refractivity contribution in [3.8, 4) is 16.3 Å². The van der Waals surface area contributed by atoms with Crippen LogP contribution >= 0.6 is 11.3 Å². The number of benzene rings is 1. The van der Waals surface area contributed by atoms with Crippen LogP contribution in [-0.2, 0) is 4.79 Å². The van der Waals surface area contributed by atoms with Gasteiger partial charge < -0.3 is 15.7 Å². The van der Waals surface area contributed by atoms with Crippen molar-refractivity contribution in [1.82, 2.24) is 15.0 Å². The second kappa shape index (κ2) is 6.63. The first-order valence-electron chi connectivity index (χ1n) is 7.16. The molecule has 1 aromatic carbocycles. The summed E-state index contributed by atoms with van der Waals surface area (Å²) in [5, 5.41) is 15.6. The van der Waals surface area contributed by atoms with Crippen LogP contribution in [0, 0.1) is 6.92 Å². The van der Waals surface area contributed by atoms with E-state index in [-0.39, 0.29) is 11.7 Å². The van der Waals surface area contributed by atoms with E-state index in [2.05, 4.69) is 25.6 Å². The van der Waals surface area contributed by atoms with E-state index in [1.54, 1.807) is 36.5 Å². The number of aromatic nitrogens is 3. The van der Waals surface area contributed by atoms with Crippen LogP contribution in [-0.4, -0.2) is 26.0 Å². The highest BCUT2D eigenvalue weighted by Gasteiger charge is 2.12. The first-order valence-corrected chi connectivity index (χ1v) is 7.97. The van der Waals surface area contributed by atoms with Crippen molar-refractivity contribution in [2.45, 2.75) is 13.8 Å². The molecule has 0 bridgehead atoms. The van der Waals surface area contributed by atoms with Gasteiger partial charge in [0.25, 0.3) is 0 Å². The number of aromatic hydroxyl groups is 1. The molecular weight excluding hydrogens is 326 g/mol. The number of phenolic OH excluding ortho intramolecular Hbond substituents is 1. The lowest BCUT2D eigenvalue weighted by Gasteiger charge is -2.06. The Morgan fingerprint density at radius 1 is 1.17 bits per heavy atom. The summed E-state index contributed by atoms with van der Waals surface area (Å²) in [6.45, 7) is 3.31. The third-order valence-corrected chi connectivity index (χ3v) is 4.19. The van der Waals surface area contributed by atoms with Crippen LogP contribution in [0.15, 0.2) is 36.5 Å². The minimum absolute atomic E-state index is 0.160. The molecule has 0 saturated heterocycles. The Kier molecular flexibility index (Phi) is 4.39. The van der Waals surface area contributed by atoms with Gasteiger partial charge in [-0.1, -0.05) is 11.3 Å². The average molecular weight is 341 g/mol. The molecule has 0 spiro atoms. The van der Waals surface area contributed by atoms with Crippen molar-refractivity contribution < 1.29 is 9.90 Å². The fourth-order valence-corrected chi connectivity index (χ4v) is 3.04. The number of hydrogen-bond donors (Lipinski definition) is 3. The number of phenols is 1. The number of nitrogens with zero attached hydrogens (tertiary/aromatic N) is 3. The maximum atomic E-state index is 11.2. The van der Waals surface area contributed by atoms with E-state index < -0.39 is 0 Å². The van der Waals surface area contributed by atoms with Crippen molar-refractivity contribution >= 4 is 34.0 Å². The SMILES string of the molecule is CC(=O)Nc1nc(C)c(-c2ccnc(Nc3ccc(O)cc3)n2)s1. The molecule has 7 nitrogen and oxygen atoms in total. The van der Waals surface area contributed by atoms with Crippen LogP contribution in [0.2, 0.25) is 0 Å². The molecule has 0 aliphatic carbocycles. The first-order chi connectivity index (χ1) is 11.5. The van der Waals surface area contributed by atoms with E-state index in [0.29, 0.717) is 11.1 Å². The molecule has 0 radical (unpaired) electrons. The lowest BCUT2D eigenvalue weighted by molar-refractivity contribution is -0.114. The highest BCUT2D eigenvalue weighted by Crippen LogP contribution is 2.32. The summed E-state index contributed by atoms with van der Waals surface area (Å²) in [7, 11) is 0. The summed E-state index contributed by atoms with van der Waals surface area (Å²) < 4.78 is 0. The molecule has 3 N–H and O–H groups in total. The van der Waals surface area contributed by atoms with E-state index in [4.69, 9.17) is 0 Å². The van der Waals surface area contributed by atoms with Gasteiger partial charge in [-0.25, -0.2) is 15.0 Å². The second-order valence-corrected chi connectivity index (χ2v) is 6.05. The minimum Gasteiger partial charge on any atom is -0.508 e. The number of aryl methyl sites for hydroxylation is 1. The van der Waals surface area contributed by atoms with E-state index in [9.17, 15) is 9.90 Å². The van der Waals surface area contributed by atoms with Crippen LogP contribution in [0.4, 0.5) is 16.8 Å². The molecule has 122 valence electrons. The lowest BCUT2D eigenvalue weighted by Crippen LogP contribution is -2.04. The minimum atomic E-state index is -0.160. The molecule has 24 heavy (non-hydrogen) atoms. The van der Waals surface area contributed by atoms with Gasteiger partial charge in [0.1, 0.15) is 5.75 Å². The first kappa shape index (κ1) is 15.9. The number of thiazole rings is 1. The third-order valence-electron chi connectivity index (χ3n) is 3.09. The number of carbonyl (C=O) groups excluding carboxylic acids is 1. The van der Waals surface area contributed by atoms with Crippen molar-refractivity contribution in [3.05, 3.63) is 42.2 Å². The molecule has 1 amide bonds. The Bertz CT molecular complexity index is 876. The van der Waals surface area contributed by atoms with Gasteiger partial charge in [-0.05, 0) is 37.3 Å². The zero-order valence-electron chi connectivity index (χ0n) is 13.1. The molecular formula is C16H15N5O2S. The molecule has 0 unspecified atom stereocenters. The molecule has 8 heteroatoms. The van der Waals surface area contributed by atoms with Crippen LogP contribution in [0.25, 0.3) is 10.6 Å². The van der Waals surface area contributed by atoms with Crippen LogP contribution < -0.4 is 10.6 Å². The van der Waals surface area contributed by atoms with E-state index in [1.165, 1.54) is 18.3 Å². The fraction of sp³-hybridized carbons (Fsp3) is 0.125. The average Bonchev–Trinajstić information content (AvgIpc) is 2.89. The van der Waals surface area contributed by atoms with Gasteiger partial charge >= 0.3 is 0 Å². The fourth-order valence-electron chi connectivity index (χ4n) is 2.06. The number of amides is 1. The van der Waals surface area contributed by atoms with Gasteiger partial charge in [0, 0.05) is 18.8 Å². The van der Waals surface area contributed by atoms with Crippen LogP contribution in [0.5, 0.6) is 5.75 Å². The molecule has 3 aromatic rings. The smallest absolute Gasteiger partial charge is 0.227 e. The monoisotopic (exact) mass is 341 g/mol. The number of rotatable bonds is 4. The number of nitrogens with one attached hydrogen (secondary N) is 2. The molecule has 0 fully saturated rings. The molecule has 2 heterocycles. The highest BCUT2D eigenvalue weighted by molar-refractivity contribution is 7.19. The Morgan fingerprint density at radius 3 is 2.62 bits per heavy atom. The maximum absolute atomic E-state index is 11.2. The van der Waals surface area contributed by atoms with E-state index in [1.807, 2.05) is 6.92 Å². The number of hydrogen-bond acceptors (Lipinski definition) is 7. The van der Waals surface area contributed by atoms with Gasteiger partial charge in [-0.3, -0.25) is 4.79 Å². The van der Waals surface area contributed by atoms with Crippen molar-refractivity contribution in [2.75, 3.05) is 10.6 Å². The Morgan fingerprint density at radius 2 is 1.92 bits per heavy atom. The summed E-state index contributed by atoms with van der Waals surface area (Å²) in [6, 6.07) is 8.43. The molecule has 2 aromatic heterocycles. The molecule has 3 rings (SSSR count). The zero-order valence-corrected chi connectivity index (χ0v) is 13.9. The zero-order chi connectivity index (χ0) is 17.1. The molecule has 0 aliphatic rings. The van der Waals surface area contributed by atoms with Crippen LogP contribution in [0.3, 0.4) is 0 Å². The van der Waals surface area contributed by atoms with Gasteiger partial charge in [0.05, 0.1) is 16.3 Å². The second-order valence-electron chi connectivity index (χ2n) is 5.05. The summed E-state index contributed by atoms with van der Waals surface area (Å²) in [4.78, 5) is 25.0. The van der Waals surface area contributed by atoms with Crippen molar-refractivity contribution in [2.24, 2.45) is 0 Å². The quantitative estimate of drug-likeness (QED) is 0.630. The van der Waals surface area contributed by atoms with E-state index in [0.717, 1.165) is 22.0 Å². The number of anilines is 3. The topological polar surface area (TPSA) is 100 Å². The normalized spacial score (nSPS) is 10.4. The maximum Gasteiger partial charge on any atom is 0.227 e. The summed E-state index contributed by atoms with van der Waals surface area (Å²) in [5.74, 6) is 0.473. The summed E-state index contributed by atoms with van der Waals surface area (Å²) >= 11 is 1.36. The third kappa shape index (κ3) is 3.66.